The Morgan fingerprint density at radius 3 is 2.65 bits per heavy atom. The first kappa shape index (κ1) is 23.3. The largest absolute Gasteiger partial charge is 0.416 e. The molecule has 0 saturated heterocycles. The van der Waals surface area contributed by atoms with Crippen molar-refractivity contribution in [3.05, 3.63) is 82.6 Å². The molecule has 1 aliphatic heterocycles. The first-order valence-corrected chi connectivity index (χ1v) is 10.6. The van der Waals surface area contributed by atoms with E-state index in [1.165, 1.54) is 6.07 Å². The maximum atomic E-state index is 13.8. The molecule has 1 aliphatic rings. The SMILES string of the molecule is CCCNC(=O)c1cccc2c1CCN2c1cc(C(=O)c2cc(F)cc(C(F)(F)F)c2)ncn1. The number of anilines is 2. The van der Waals surface area contributed by atoms with Crippen molar-refractivity contribution in [2.24, 2.45) is 0 Å². The van der Waals surface area contributed by atoms with Crippen LogP contribution in [0.15, 0.2) is 48.8 Å². The van der Waals surface area contributed by atoms with Crippen molar-refractivity contribution in [1.29, 1.82) is 0 Å². The van der Waals surface area contributed by atoms with Gasteiger partial charge in [-0.15, -0.1) is 0 Å². The van der Waals surface area contributed by atoms with E-state index in [-0.39, 0.29) is 11.6 Å². The second-order valence-corrected chi connectivity index (χ2v) is 7.78. The quantitative estimate of drug-likeness (QED) is 0.416. The third-order valence-corrected chi connectivity index (χ3v) is 5.46. The summed E-state index contributed by atoms with van der Waals surface area (Å²) in [5.74, 6) is -1.86. The van der Waals surface area contributed by atoms with Gasteiger partial charge in [-0.3, -0.25) is 9.59 Å². The Bertz CT molecular complexity index is 1260. The number of rotatable bonds is 6. The van der Waals surface area contributed by atoms with E-state index >= 15 is 0 Å². The first-order valence-electron chi connectivity index (χ1n) is 10.6. The number of amides is 1. The van der Waals surface area contributed by atoms with Crippen LogP contribution >= 0.6 is 0 Å². The van der Waals surface area contributed by atoms with Crippen LogP contribution in [0.2, 0.25) is 0 Å². The number of fused-ring (bicyclic) bond motifs is 1. The molecule has 0 spiro atoms. The molecule has 1 amide bonds. The van der Waals surface area contributed by atoms with Crippen molar-refractivity contribution in [2.75, 3.05) is 18.0 Å². The van der Waals surface area contributed by atoms with Gasteiger partial charge in [-0.05, 0) is 48.7 Å². The Kier molecular flexibility index (Phi) is 6.32. The normalized spacial score (nSPS) is 13.0. The Morgan fingerprint density at radius 2 is 1.91 bits per heavy atom. The summed E-state index contributed by atoms with van der Waals surface area (Å²) in [5.41, 5.74) is 0.238. The van der Waals surface area contributed by atoms with Gasteiger partial charge in [0.05, 0.1) is 5.56 Å². The summed E-state index contributed by atoms with van der Waals surface area (Å²) in [6.45, 7) is 3.00. The average Bonchev–Trinajstić information content (AvgIpc) is 3.25. The van der Waals surface area contributed by atoms with E-state index < -0.39 is 28.9 Å². The van der Waals surface area contributed by atoms with Crippen LogP contribution in [-0.4, -0.2) is 34.7 Å². The molecule has 6 nitrogen and oxygen atoms in total. The Labute approximate surface area is 192 Å². The van der Waals surface area contributed by atoms with Gasteiger partial charge < -0.3 is 10.2 Å². The minimum atomic E-state index is -4.80. The number of nitrogens with zero attached hydrogens (tertiary/aromatic N) is 3. The number of halogens is 4. The summed E-state index contributed by atoms with van der Waals surface area (Å²) in [6.07, 6.45) is -2.30. The van der Waals surface area contributed by atoms with Gasteiger partial charge in [0.2, 0.25) is 5.78 Å². The van der Waals surface area contributed by atoms with Crippen molar-refractivity contribution in [2.45, 2.75) is 25.9 Å². The van der Waals surface area contributed by atoms with Crippen LogP contribution < -0.4 is 10.2 Å². The highest BCUT2D eigenvalue weighted by atomic mass is 19.4. The van der Waals surface area contributed by atoms with Crippen molar-refractivity contribution in [3.8, 4) is 0 Å². The third-order valence-electron chi connectivity index (χ3n) is 5.46. The van der Waals surface area contributed by atoms with Gasteiger partial charge in [0.1, 0.15) is 23.7 Å². The number of carbonyl (C=O) groups excluding carboxylic acids is 2. The van der Waals surface area contributed by atoms with Gasteiger partial charge >= 0.3 is 6.18 Å². The van der Waals surface area contributed by atoms with Gasteiger partial charge in [-0.25, -0.2) is 14.4 Å². The summed E-state index contributed by atoms with van der Waals surface area (Å²) in [4.78, 5) is 35.3. The summed E-state index contributed by atoms with van der Waals surface area (Å²) in [7, 11) is 0. The molecule has 3 aromatic rings. The van der Waals surface area contributed by atoms with E-state index in [9.17, 15) is 27.2 Å². The second-order valence-electron chi connectivity index (χ2n) is 7.78. The summed E-state index contributed by atoms with van der Waals surface area (Å²) in [5, 5.41) is 2.86. The van der Waals surface area contributed by atoms with Crippen LogP contribution in [0.1, 0.15) is 50.9 Å². The van der Waals surface area contributed by atoms with Crippen LogP contribution in [0.25, 0.3) is 0 Å². The highest BCUT2D eigenvalue weighted by Crippen LogP contribution is 2.36. The molecule has 34 heavy (non-hydrogen) atoms. The number of aromatic nitrogens is 2. The fourth-order valence-electron chi connectivity index (χ4n) is 3.87. The van der Waals surface area contributed by atoms with E-state index in [4.69, 9.17) is 0 Å². The molecular formula is C24H20F4N4O2. The second kappa shape index (κ2) is 9.20. The standard InChI is InChI=1S/C24H20F4N4O2/c1-2-7-29-23(34)18-4-3-5-20-17(18)6-8-32(20)21-12-19(30-13-31-21)22(33)14-9-15(24(26,27)28)11-16(25)10-14/h3-5,9-13H,2,6-8H2,1H3,(H,29,34). The van der Waals surface area contributed by atoms with Crippen LogP contribution in [0.3, 0.4) is 0 Å². The molecule has 4 rings (SSSR count). The molecule has 0 aliphatic carbocycles. The summed E-state index contributed by atoms with van der Waals surface area (Å²) < 4.78 is 52.9. The molecule has 2 aromatic carbocycles. The number of alkyl halides is 3. The number of hydrogen-bond acceptors (Lipinski definition) is 5. The van der Waals surface area contributed by atoms with E-state index in [1.54, 1.807) is 17.0 Å². The van der Waals surface area contributed by atoms with E-state index in [0.29, 0.717) is 43.0 Å². The third kappa shape index (κ3) is 4.61. The maximum absolute atomic E-state index is 13.8. The van der Waals surface area contributed by atoms with Gasteiger partial charge in [-0.1, -0.05) is 13.0 Å². The van der Waals surface area contributed by atoms with Crippen molar-refractivity contribution in [3.63, 3.8) is 0 Å². The number of carbonyl (C=O) groups is 2. The van der Waals surface area contributed by atoms with Crippen molar-refractivity contribution >= 4 is 23.2 Å². The lowest BCUT2D eigenvalue weighted by molar-refractivity contribution is -0.137. The highest BCUT2D eigenvalue weighted by Gasteiger charge is 2.32. The van der Waals surface area contributed by atoms with Crippen LogP contribution in [-0.2, 0) is 12.6 Å². The minimum Gasteiger partial charge on any atom is -0.352 e. The fraction of sp³-hybridized carbons (Fsp3) is 0.250. The molecule has 0 unspecified atom stereocenters. The molecular weight excluding hydrogens is 452 g/mol. The number of nitrogens with one attached hydrogen (secondary N) is 1. The van der Waals surface area contributed by atoms with E-state index in [2.05, 4.69) is 15.3 Å². The van der Waals surface area contributed by atoms with Crippen LogP contribution in [0.5, 0.6) is 0 Å². The van der Waals surface area contributed by atoms with Crippen LogP contribution in [0.4, 0.5) is 29.1 Å². The molecule has 0 bridgehead atoms. The monoisotopic (exact) mass is 472 g/mol. The van der Waals surface area contributed by atoms with Gasteiger partial charge in [-0.2, -0.15) is 13.2 Å². The van der Waals surface area contributed by atoms with E-state index in [0.717, 1.165) is 30.1 Å². The zero-order valence-corrected chi connectivity index (χ0v) is 18.1. The molecule has 10 heteroatoms. The average molecular weight is 472 g/mol. The van der Waals surface area contributed by atoms with Crippen LogP contribution in [0, 0.1) is 5.82 Å². The predicted molar refractivity (Wildman–Crippen MR) is 117 cm³/mol. The lowest BCUT2D eigenvalue weighted by Crippen LogP contribution is -2.25. The summed E-state index contributed by atoms with van der Waals surface area (Å²) >= 11 is 0. The number of benzene rings is 2. The topological polar surface area (TPSA) is 75.2 Å². The maximum Gasteiger partial charge on any atom is 0.416 e. The molecule has 2 heterocycles. The zero-order chi connectivity index (χ0) is 24.5. The Hall–Kier alpha value is -3.82. The fourth-order valence-corrected chi connectivity index (χ4v) is 3.87. The molecule has 176 valence electrons. The minimum absolute atomic E-state index is 0.172. The highest BCUT2D eigenvalue weighted by molar-refractivity contribution is 6.08. The van der Waals surface area contributed by atoms with Gasteiger partial charge in [0, 0.05) is 36.0 Å². The number of hydrogen-bond donors (Lipinski definition) is 1. The molecule has 0 fully saturated rings. The lowest BCUT2D eigenvalue weighted by atomic mass is 10.0. The van der Waals surface area contributed by atoms with E-state index in [1.807, 2.05) is 13.0 Å². The van der Waals surface area contributed by atoms with Gasteiger partial charge in [0.25, 0.3) is 5.91 Å². The van der Waals surface area contributed by atoms with Crippen molar-refractivity contribution in [1.82, 2.24) is 15.3 Å². The van der Waals surface area contributed by atoms with Crippen molar-refractivity contribution < 1.29 is 27.2 Å². The van der Waals surface area contributed by atoms with Gasteiger partial charge in [0.15, 0.2) is 0 Å². The molecule has 0 saturated carbocycles. The zero-order valence-electron chi connectivity index (χ0n) is 18.1. The molecule has 0 radical (unpaired) electrons. The molecule has 0 atom stereocenters. The smallest absolute Gasteiger partial charge is 0.352 e. The lowest BCUT2D eigenvalue weighted by Gasteiger charge is -2.19. The molecule has 1 aromatic heterocycles. The molecule has 1 N–H and O–H groups in total. The first-order chi connectivity index (χ1) is 16.2. The number of ketones is 1. The Morgan fingerprint density at radius 1 is 1.12 bits per heavy atom. The summed E-state index contributed by atoms with van der Waals surface area (Å²) in [6, 6.07) is 8.33. The predicted octanol–water partition coefficient (Wildman–Crippen LogP) is 4.70. The Balaban J connectivity index is 1.65.